The molecule has 0 radical (unpaired) electrons. The lowest BCUT2D eigenvalue weighted by molar-refractivity contribution is -0.138. The Morgan fingerprint density at radius 1 is 1.09 bits per heavy atom. The molecule has 1 N–H and O–H groups in total. The number of carbonyl (C=O) groups excluding carboxylic acids is 1. The van der Waals surface area contributed by atoms with Gasteiger partial charge in [-0.3, -0.25) is 4.79 Å². The molecule has 2 atom stereocenters. The van der Waals surface area contributed by atoms with E-state index in [1.165, 1.54) is 18.6 Å². The number of alkyl halides is 3. The number of rotatable bonds is 4. The number of nitrogens with one attached hydrogen (secondary N) is 1. The highest BCUT2D eigenvalue weighted by Crippen LogP contribution is 2.37. The predicted molar refractivity (Wildman–Crippen MR) is 125 cm³/mol. The molecule has 1 saturated heterocycles. The van der Waals surface area contributed by atoms with Crippen molar-refractivity contribution in [3.63, 3.8) is 0 Å². The molecular weight excluding hydrogens is 429 g/mol. The summed E-state index contributed by atoms with van der Waals surface area (Å²) in [6.07, 6.45) is 3.89. The third kappa shape index (κ3) is 7.06. The second kappa shape index (κ2) is 12.0. The van der Waals surface area contributed by atoms with E-state index in [2.05, 4.69) is 19.2 Å². The summed E-state index contributed by atoms with van der Waals surface area (Å²) in [5.41, 5.74) is 0.310. The summed E-state index contributed by atoms with van der Waals surface area (Å²) in [5.74, 6) is 0.158. The fraction of sp³-hybridized carbons (Fsp3) is 0.654. The van der Waals surface area contributed by atoms with E-state index in [1.807, 2.05) is 0 Å². The zero-order valence-corrected chi connectivity index (χ0v) is 19.8. The van der Waals surface area contributed by atoms with Gasteiger partial charge in [-0.1, -0.05) is 44.5 Å². The van der Waals surface area contributed by atoms with Crippen molar-refractivity contribution < 1.29 is 22.7 Å². The van der Waals surface area contributed by atoms with Gasteiger partial charge in [-0.2, -0.15) is 13.2 Å². The van der Waals surface area contributed by atoms with E-state index in [9.17, 15) is 18.0 Å². The van der Waals surface area contributed by atoms with Crippen LogP contribution in [-0.4, -0.2) is 49.2 Å². The Morgan fingerprint density at radius 2 is 1.79 bits per heavy atom. The highest BCUT2D eigenvalue weighted by Gasteiger charge is 2.36. The van der Waals surface area contributed by atoms with Crippen LogP contribution in [0, 0.1) is 5.92 Å². The van der Waals surface area contributed by atoms with E-state index in [1.54, 1.807) is 17.0 Å². The van der Waals surface area contributed by atoms with Crippen LogP contribution in [0.15, 0.2) is 30.3 Å². The van der Waals surface area contributed by atoms with Crippen molar-refractivity contribution in [2.45, 2.75) is 77.1 Å². The molecule has 2 aliphatic heterocycles. The molecule has 1 unspecified atom stereocenters. The van der Waals surface area contributed by atoms with Crippen molar-refractivity contribution in [1.29, 1.82) is 0 Å². The molecule has 1 aromatic carbocycles. The molecule has 3 aliphatic rings. The quantitative estimate of drug-likeness (QED) is 0.621. The monoisotopic (exact) mass is 466 g/mol. The molecule has 0 spiro atoms. The van der Waals surface area contributed by atoms with Crippen LogP contribution in [-0.2, 0) is 15.7 Å². The first-order valence-corrected chi connectivity index (χ1v) is 12.3. The third-order valence-corrected chi connectivity index (χ3v) is 6.57. The highest BCUT2D eigenvalue weighted by molar-refractivity contribution is 5.81. The van der Waals surface area contributed by atoms with Crippen LogP contribution in [0.3, 0.4) is 0 Å². The van der Waals surface area contributed by atoms with Gasteiger partial charge in [0, 0.05) is 44.3 Å². The maximum absolute atomic E-state index is 13.3. The molecule has 4 nitrogen and oxygen atoms in total. The Bertz CT molecular complexity index is 803. The second-order valence-corrected chi connectivity index (χ2v) is 9.27. The highest BCUT2D eigenvalue weighted by atomic mass is 19.4. The first-order valence-electron chi connectivity index (χ1n) is 12.3. The van der Waals surface area contributed by atoms with Crippen LogP contribution >= 0.6 is 0 Å². The van der Waals surface area contributed by atoms with Gasteiger partial charge in [0.15, 0.2) is 0 Å². The molecule has 1 saturated carbocycles. The van der Waals surface area contributed by atoms with Crippen molar-refractivity contribution in [3.05, 3.63) is 41.5 Å². The Balaban J connectivity index is 0.000000968. The molecule has 1 aliphatic carbocycles. The van der Waals surface area contributed by atoms with Gasteiger partial charge < -0.3 is 15.0 Å². The lowest BCUT2D eigenvalue weighted by atomic mass is 9.94. The zero-order valence-electron chi connectivity index (χ0n) is 19.8. The number of hydrogen-bond donors (Lipinski definition) is 1. The SMILES string of the molecule is CCC.O=C(C1CC[C@@H](NC2CCOCC2)C1)N1CC=C(c2ccccc2C(F)(F)F)CC1. The standard InChI is InChI=1S/C23H29F3N2O2.C3H8/c24-23(25,26)21-4-2-1-3-20(21)16-7-11-28(12-8-16)22(29)17-5-6-19(15-17)27-18-9-13-30-14-10-18;1-3-2/h1-4,7,17-19,27H,5-6,8-15H2;3H2,1-2H3/t17?,19-;/m1./s1. The van der Waals surface area contributed by atoms with Crippen molar-refractivity contribution >= 4 is 11.5 Å². The number of benzene rings is 1. The van der Waals surface area contributed by atoms with E-state index in [-0.39, 0.29) is 17.4 Å². The fourth-order valence-corrected chi connectivity index (χ4v) is 4.94. The number of amides is 1. The Labute approximate surface area is 195 Å². The number of halogens is 3. The topological polar surface area (TPSA) is 41.6 Å². The summed E-state index contributed by atoms with van der Waals surface area (Å²) in [6, 6.07) is 6.54. The summed E-state index contributed by atoms with van der Waals surface area (Å²) in [4.78, 5) is 14.8. The second-order valence-electron chi connectivity index (χ2n) is 9.27. The van der Waals surface area contributed by atoms with E-state index < -0.39 is 11.7 Å². The summed E-state index contributed by atoms with van der Waals surface area (Å²) < 4.78 is 45.3. The van der Waals surface area contributed by atoms with Crippen LogP contribution < -0.4 is 5.32 Å². The lowest BCUT2D eigenvalue weighted by Gasteiger charge is -2.30. The van der Waals surface area contributed by atoms with Gasteiger partial charge in [0.1, 0.15) is 0 Å². The van der Waals surface area contributed by atoms with Gasteiger partial charge in [0.05, 0.1) is 5.56 Å². The van der Waals surface area contributed by atoms with Crippen molar-refractivity contribution in [2.24, 2.45) is 5.92 Å². The number of carbonyl (C=O) groups is 1. The van der Waals surface area contributed by atoms with Gasteiger partial charge >= 0.3 is 6.18 Å². The van der Waals surface area contributed by atoms with Crippen LogP contribution in [0.2, 0.25) is 0 Å². The molecular formula is C26H37F3N2O2. The number of nitrogens with zero attached hydrogens (tertiary/aromatic N) is 1. The molecule has 2 heterocycles. The molecule has 4 rings (SSSR count). The summed E-state index contributed by atoms with van der Waals surface area (Å²) in [6.45, 7) is 6.71. The first-order chi connectivity index (χ1) is 15.8. The van der Waals surface area contributed by atoms with E-state index >= 15 is 0 Å². The average Bonchev–Trinajstić information content (AvgIpc) is 3.28. The minimum absolute atomic E-state index is 0.0137. The Hall–Kier alpha value is -1.86. The van der Waals surface area contributed by atoms with Gasteiger partial charge in [0.25, 0.3) is 0 Å². The van der Waals surface area contributed by atoms with Crippen molar-refractivity contribution in [3.8, 4) is 0 Å². The zero-order chi connectivity index (χ0) is 23.8. The summed E-state index contributed by atoms with van der Waals surface area (Å²) in [5, 5.41) is 3.69. The molecule has 2 fully saturated rings. The lowest BCUT2D eigenvalue weighted by Crippen LogP contribution is -2.42. The normalized spacial score (nSPS) is 24.2. The molecule has 0 aromatic heterocycles. The van der Waals surface area contributed by atoms with Crippen LogP contribution in [0.25, 0.3) is 5.57 Å². The van der Waals surface area contributed by atoms with Gasteiger partial charge in [-0.05, 0) is 55.7 Å². The molecule has 33 heavy (non-hydrogen) atoms. The molecule has 184 valence electrons. The fourth-order valence-electron chi connectivity index (χ4n) is 4.94. The number of hydrogen-bond acceptors (Lipinski definition) is 3. The van der Waals surface area contributed by atoms with Crippen molar-refractivity contribution in [1.82, 2.24) is 10.2 Å². The van der Waals surface area contributed by atoms with Crippen LogP contribution in [0.5, 0.6) is 0 Å². The summed E-state index contributed by atoms with van der Waals surface area (Å²) >= 11 is 0. The van der Waals surface area contributed by atoms with Gasteiger partial charge in [-0.25, -0.2) is 0 Å². The Kier molecular flexibility index (Phi) is 9.38. The molecule has 0 bridgehead atoms. The summed E-state index contributed by atoms with van der Waals surface area (Å²) in [7, 11) is 0. The largest absolute Gasteiger partial charge is 0.416 e. The van der Waals surface area contributed by atoms with Crippen LogP contribution in [0.1, 0.15) is 69.9 Å². The number of ether oxygens (including phenoxy) is 1. The average molecular weight is 467 g/mol. The molecule has 1 amide bonds. The van der Waals surface area contributed by atoms with E-state index in [0.717, 1.165) is 51.4 Å². The van der Waals surface area contributed by atoms with Gasteiger partial charge in [-0.15, -0.1) is 0 Å². The first kappa shape index (κ1) is 25.8. The molecule has 1 aromatic rings. The maximum atomic E-state index is 13.3. The maximum Gasteiger partial charge on any atom is 0.416 e. The van der Waals surface area contributed by atoms with E-state index in [0.29, 0.717) is 37.2 Å². The Morgan fingerprint density at radius 3 is 2.42 bits per heavy atom. The van der Waals surface area contributed by atoms with Crippen molar-refractivity contribution in [2.75, 3.05) is 26.3 Å². The predicted octanol–water partition coefficient (Wildman–Crippen LogP) is 5.67. The van der Waals surface area contributed by atoms with E-state index in [4.69, 9.17) is 4.74 Å². The minimum atomic E-state index is -4.37. The minimum Gasteiger partial charge on any atom is -0.381 e. The third-order valence-electron chi connectivity index (χ3n) is 6.57. The van der Waals surface area contributed by atoms with Crippen LogP contribution in [0.4, 0.5) is 13.2 Å². The molecule has 7 heteroatoms. The van der Waals surface area contributed by atoms with Gasteiger partial charge in [0.2, 0.25) is 5.91 Å². The smallest absolute Gasteiger partial charge is 0.381 e.